The number of rotatable bonds is 12. The summed E-state index contributed by atoms with van der Waals surface area (Å²) >= 11 is 0. The number of hydrogen-bond acceptors (Lipinski definition) is 26. The van der Waals surface area contributed by atoms with Gasteiger partial charge in [-0.05, 0) is 24.6 Å². The van der Waals surface area contributed by atoms with Crippen molar-refractivity contribution in [3.05, 3.63) is 40.8 Å². The summed E-state index contributed by atoms with van der Waals surface area (Å²) in [4.78, 5) is 13.4. The lowest BCUT2D eigenvalue weighted by Crippen LogP contribution is -2.65. The van der Waals surface area contributed by atoms with Crippen molar-refractivity contribution in [3.63, 3.8) is 0 Å². The molecule has 0 bridgehead atoms. The highest BCUT2D eigenvalue weighted by Crippen LogP contribution is 2.43. The van der Waals surface area contributed by atoms with E-state index in [0.717, 1.165) is 24.5 Å². The monoisotopic (exact) mass is 934 g/mol. The van der Waals surface area contributed by atoms with Crippen LogP contribution in [0.15, 0.2) is 39.7 Å². The van der Waals surface area contributed by atoms with Crippen molar-refractivity contribution in [2.75, 3.05) is 19.8 Å². The van der Waals surface area contributed by atoms with Crippen LogP contribution in [-0.2, 0) is 33.2 Å². The van der Waals surface area contributed by atoms with Crippen LogP contribution in [0.25, 0.3) is 22.1 Å². The number of benzene rings is 2. The standard InChI is InChI=1S/C39H50O26/c1-10-21(43)35(34(56)39(60-10)61-16-5-15-20(27(49)23(16)45)22(44)12(7-57-15)11-2-3-13(41)14(42)4-11)65-38-33(55)30(52)26(48)19(64-38)9-59-37-32(54)29(51)25(47)18(63-37)8-58-36-31(53)28(50)24(46)17(6-40)62-36/h2-5,7,10,17-19,21,24-26,28-43,45-56H,6,8-9H2,1H3/t10-,17+,18+,19+,21-,24+,25+,26+,28-,29-,30-,31+,32+,33+,34+,35+,36+,37+,38-,39-/m0/s1. The minimum absolute atomic E-state index is 0.0902. The van der Waals surface area contributed by atoms with Crippen LogP contribution in [0.2, 0.25) is 0 Å². The molecule has 4 aliphatic rings. The topological polar surface area (TPSA) is 428 Å². The molecule has 4 aliphatic heterocycles. The Morgan fingerprint density at radius 1 is 0.569 bits per heavy atom. The quantitative estimate of drug-likeness (QED) is 0.0752. The molecule has 0 saturated carbocycles. The van der Waals surface area contributed by atoms with Gasteiger partial charge in [-0.1, -0.05) is 6.07 Å². The molecule has 20 atom stereocenters. The fourth-order valence-electron chi connectivity index (χ4n) is 7.69. The summed E-state index contributed by atoms with van der Waals surface area (Å²) < 4.78 is 49.9. The Hall–Kier alpha value is -4.11. The first kappa shape index (κ1) is 48.8. The predicted octanol–water partition coefficient (Wildman–Crippen LogP) is -6.04. The van der Waals surface area contributed by atoms with Gasteiger partial charge in [-0.2, -0.15) is 0 Å². The number of aliphatic hydroxyl groups is 12. The van der Waals surface area contributed by atoms with Gasteiger partial charge in [0.25, 0.3) is 0 Å². The maximum absolute atomic E-state index is 13.4. The number of ether oxygens (including phenoxy) is 8. The van der Waals surface area contributed by atoms with Gasteiger partial charge in [0.15, 0.2) is 41.9 Å². The molecule has 362 valence electrons. The lowest BCUT2D eigenvalue weighted by Gasteiger charge is -2.46. The van der Waals surface area contributed by atoms with E-state index in [9.17, 15) is 86.5 Å². The average molecular weight is 935 g/mol. The number of fused-ring (bicyclic) bond motifs is 1. The SMILES string of the molecule is C[C@@H]1O[C@@H](Oc2cc3occ(-c4ccc(O)c(O)c4)c(=O)c3c(O)c2O)[C@H](O)[C@H](O[C@@H]2O[C@H](CO[C@@H]3O[C@H](CO[C@@H]4O[C@H](CO)[C@@H](O)[C@H](O)[C@H]4O)[C@@H](O)[C@H](O)[C@H]3O)[C@@H](O)[C@H](O)[C@H]2O)[C@H]1O. The van der Waals surface area contributed by atoms with Crippen LogP contribution < -0.4 is 10.2 Å². The smallest absolute Gasteiger partial charge is 0.229 e. The van der Waals surface area contributed by atoms with Gasteiger partial charge < -0.3 is 124 Å². The molecule has 0 amide bonds. The summed E-state index contributed by atoms with van der Waals surface area (Å²) in [5.41, 5.74) is -1.27. The second-order valence-electron chi connectivity index (χ2n) is 15.9. The van der Waals surface area contributed by atoms with Gasteiger partial charge >= 0.3 is 0 Å². The highest BCUT2D eigenvalue weighted by atomic mass is 16.8. The van der Waals surface area contributed by atoms with Crippen molar-refractivity contribution in [1.82, 2.24) is 0 Å². The fraction of sp³-hybridized carbons (Fsp3) is 0.615. The van der Waals surface area contributed by atoms with Crippen LogP contribution in [0.5, 0.6) is 28.7 Å². The number of aromatic hydroxyl groups is 4. The highest BCUT2D eigenvalue weighted by Gasteiger charge is 2.52. The Bertz CT molecular complexity index is 2170. The molecule has 16 N–H and O–H groups in total. The van der Waals surface area contributed by atoms with E-state index in [-0.39, 0.29) is 16.7 Å². The molecule has 0 unspecified atom stereocenters. The average Bonchev–Trinajstić information content (AvgIpc) is 3.28. The van der Waals surface area contributed by atoms with Crippen LogP contribution >= 0.6 is 0 Å². The summed E-state index contributed by atoms with van der Waals surface area (Å²) in [7, 11) is 0. The maximum Gasteiger partial charge on any atom is 0.229 e. The van der Waals surface area contributed by atoms with Gasteiger partial charge in [0.2, 0.25) is 17.5 Å². The third-order valence-corrected chi connectivity index (χ3v) is 11.6. The molecule has 3 aromatic rings. The Morgan fingerprint density at radius 2 is 1.11 bits per heavy atom. The third-order valence-electron chi connectivity index (χ3n) is 11.6. The van der Waals surface area contributed by atoms with Gasteiger partial charge in [-0.15, -0.1) is 0 Å². The molecule has 4 fully saturated rings. The van der Waals surface area contributed by atoms with Crippen LogP contribution in [0.3, 0.4) is 0 Å². The van der Waals surface area contributed by atoms with Gasteiger partial charge in [-0.3, -0.25) is 4.79 Å². The van der Waals surface area contributed by atoms with Crippen LogP contribution in [0.4, 0.5) is 0 Å². The summed E-state index contributed by atoms with van der Waals surface area (Å²) in [6, 6.07) is 4.44. The molecular formula is C39H50O26. The summed E-state index contributed by atoms with van der Waals surface area (Å²) in [5, 5.41) is 167. The molecule has 7 rings (SSSR count). The molecule has 26 nitrogen and oxygen atoms in total. The van der Waals surface area contributed by atoms with Crippen molar-refractivity contribution in [1.29, 1.82) is 0 Å². The molecule has 65 heavy (non-hydrogen) atoms. The van der Waals surface area contributed by atoms with E-state index in [1.807, 2.05) is 0 Å². The van der Waals surface area contributed by atoms with E-state index in [2.05, 4.69) is 0 Å². The Kier molecular flexibility index (Phi) is 14.7. The zero-order valence-electron chi connectivity index (χ0n) is 33.8. The molecular weight excluding hydrogens is 884 g/mol. The highest BCUT2D eigenvalue weighted by molar-refractivity contribution is 5.91. The van der Waals surface area contributed by atoms with Gasteiger partial charge in [-0.25, -0.2) is 0 Å². The summed E-state index contributed by atoms with van der Waals surface area (Å²) in [6.07, 6.45) is -34.7. The van der Waals surface area contributed by atoms with Crippen LogP contribution in [0.1, 0.15) is 6.92 Å². The number of phenolic OH excluding ortho intramolecular Hbond substituents is 4. The first-order valence-corrected chi connectivity index (χ1v) is 20.0. The summed E-state index contributed by atoms with van der Waals surface area (Å²) in [6.45, 7) is -0.932. The zero-order valence-corrected chi connectivity index (χ0v) is 33.8. The number of aliphatic hydroxyl groups excluding tert-OH is 12. The molecule has 0 aliphatic carbocycles. The largest absolute Gasteiger partial charge is 0.504 e. The fourth-order valence-corrected chi connectivity index (χ4v) is 7.69. The molecule has 26 heteroatoms. The first-order chi connectivity index (χ1) is 30.7. The van der Waals surface area contributed by atoms with Gasteiger partial charge in [0, 0.05) is 6.07 Å². The van der Waals surface area contributed by atoms with E-state index >= 15 is 0 Å². The lowest BCUT2D eigenvalue weighted by molar-refractivity contribution is -0.360. The molecule has 0 spiro atoms. The molecule has 4 saturated heterocycles. The summed E-state index contributed by atoms with van der Waals surface area (Å²) in [5.74, 6) is -3.65. The van der Waals surface area contributed by atoms with Crippen molar-refractivity contribution < 1.29 is 124 Å². The normalized spacial score (nSPS) is 40.2. The Labute approximate surface area is 364 Å². The number of phenols is 4. The Morgan fingerprint density at radius 3 is 1.68 bits per heavy atom. The van der Waals surface area contributed by atoms with Crippen LogP contribution in [-0.4, -0.2) is 224 Å². The molecule has 2 aromatic carbocycles. The van der Waals surface area contributed by atoms with E-state index in [0.29, 0.717) is 0 Å². The molecule has 5 heterocycles. The predicted molar refractivity (Wildman–Crippen MR) is 205 cm³/mol. The van der Waals surface area contributed by atoms with Crippen molar-refractivity contribution in [3.8, 4) is 39.9 Å². The van der Waals surface area contributed by atoms with E-state index in [1.54, 1.807) is 0 Å². The first-order valence-electron chi connectivity index (χ1n) is 20.0. The molecule has 1 aromatic heterocycles. The van der Waals surface area contributed by atoms with Gasteiger partial charge in [0.05, 0.1) is 31.5 Å². The lowest BCUT2D eigenvalue weighted by atomic mass is 9.97. The van der Waals surface area contributed by atoms with Crippen molar-refractivity contribution >= 4 is 11.0 Å². The van der Waals surface area contributed by atoms with Gasteiger partial charge in [0.1, 0.15) is 109 Å². The second-order valence-corrected chi connectivity index (χ2v) is 15.9. The third kappa shape index (κ3) is 9.43. The minimum atomic E-state index is -2.06. The zero-order chi connectivity index (χ0) is 47.3. The van der Waals surface area contributed by atoms with E-state index in [4.69, 9.17) is 42.3 Å². The van der Waals surface area contributed by atoms with E-state index in [1.165, 1.54) is 13.0 Å². The minimum Gasteiger partial charge on any atom is -0.504 e. The molecule has 0 radical (unpaired) electrons. The maximum atomic E-state index is 13.4. The number of hydrogen-bond donors (Lipinski definition) is 16. The Balaban J connectivity index is 1.02. The van der Waals surface area contributed by atoms with Crippen LogP contribution in [0, 0.1) is 0 Å². The second kappa shape index (κ2) is 19.6. The van der Waals surface area contributed by atoms with E-state index < -0.39 is 182 Å². The van der Waals surface area contributed by atoms with Crippen molar-refractivity contribution in [2.45, 2.75) is 130 Å². The van der Waals surface area contributed by atoms with Crippen molar-refractivity contribution in [2.24, 2.45) is 0 Å².